The van der Waals surface area contributed by atoms with E-state index in [1.54, 1.807) is 0 Å². The van der Waals surface area contributed by atoms with Gasteiger partial charge in [-0.15, -0.1) is 0 Å². The summed E-state index contributed by atoms with van der Waals surface area (Å²) in [6, 6.07) is 4.11. The van der Waals surface area contributed by atoms with Gasteiger partial charge in [-0.05, 0) is 18.2 Å². The molecule has 2 nitrogen and oxygen atoms in total. The molecule has 6 heteroatoms. The summed E-state index contributed by atoms with van der Waals surface area (Å²) in [6.07, 6.45) is -4.44. The number of hydrogen-bond acceptors (Lipinski definition) is 2. The third-order valence-corrected chi connectivity index (χ3v) is 1.76. The highest BCUT2D eigenvalue weighted by Gasteiger charge is 2.30. The highest BCUT2D eigenvalue weighted by molar-refractivity contribution is 7.78. The summed E-state index contributed by atoms with van der Waals surface area (Å²) >= 11 is 3.45. The first kappa shape index (κ1) is 10.9. The zero-order valence-corrected chi connectivity index (χ0v) is 7.69. The predicted molar refractivity (Wildman–Crippen MR) is 47.9 cm³/mol. The summed E-state index contributed by atoms with van der Waals surface area (Å²) in [5, 5.41) is 0. The van der Waals surface area contributed by atoms with Gasteiger partial charge >= 0.3 is 6.18 Å². The Balaban J connectivity index is 3.08. The van der Waals surface area contributed by atoms with E-state index in [1.807, 2.05) is 4.72 Å². The van der Waals surface area contributed by atoms with Crippen LogP contribution in [-0.4, -0.2) is 5.91 Å². The number of carbonyl (C=O) groups excluding carboxylic acids is 1. The number of amides is 1. The molecule has 0 heterocycles. The zero-order valence-electron chi connectivity index (χ0n) is 6.80. The lowest BCUT2D eigenvalue weighted by atomic mass is 10.1. The van der Waals surface area contributed by atoms with E-state index in [0.717, 1.165) is 12.1 Å². The molecule has 1 N–H and O–H groups in total. The lowest BCUT2D eigenvalue weighted by Gasteiger charge is -2.07. The number of thiol groups is 1. The molecule has 0 spiro atoms. The number of benzene rings is 1. The van der Waals surface area contributed by atoms with E-state index in [0.29, 0.717) is 0 Å². The quantitative estimate of drug-likeness (QED) is 0.700. The molecule has 14 heavy (non-hydrogen) atoms. The molecular weight excluding hydrogens is 215 g/mol. The van der Waals surface area contributed by atoms with Gasteiger partial charge in [-0.2, -0.15) is 13.2 Å². The molecule has 0 aliphatic rings. The number of carbonyl (C=O) groups is 1. The monoisotopic (exact) mass is 221 g/mol. The fraction of sp³-hybridized carbons (Fsp3) is 0.125. The number of rotatable bonds is 1. The zero-order chi connectivity index (χ0) is 10.8. The molecule has 0 radical (unpaired) electrons. The highest BCUT2D eigenvalue weighted by atomic mass is 32.1. The first-order valence-electron chi connectivity index (χ1n) is 3.57. The van der Waals surface area contributed by atoms with Crippen LogP contribution in [0.25, 0.3) is 0 Å². The van der Waals surface area contributed by atoms with Crippen molar-refractivity contribution in [3.8, 4) is 0 Å². The molecule has 1 aromatic carbocycles. The van der Waals surface area contributed by atoms with Gasteiger partial charge in [0.2, 0.25) is 0 Å². The van der Waals surface area contributed by atoms with Crippen molar-refractivity contribution in [3.05, 3.63) is 35.4 Å². The lowest BCUT2D eigenvalue weighted by Crippen LogP contribution is -2.14. The SMILES string of the molecule is O=C(NS)c1cccc(C(F)(F)F)c1. The van der Waals surface area contributed by atoms with Crippen LogP contribution < -0.4 is 4.72 Å². The Morgan fingerprint density at radius 1 is 1.36 bits per heavy atom. The summed E-state index contributed by atoms with van der Waals surface area (Å²) in [5.74, 6) is -0.667. The van der Waals surface area contributed by atoms with Crippen LogP contribution >= 0.6 is 12.8 Å². The molecule has 0 saturated carbocycles. The molecule has 1 rings (SSSR count). The van der Waals surface area contributed by atoms with Gasteiger partial charge in [0.25, 0.3) is 5.91 Å². The summed E-state index contributed by atoms with van der Waals surface area (Å²) in [4.78, 5) is 10.9. The van der Waals surface area contributed by atoms with Gasteiger partial charge < -0.3 is 0 Å². The van der Waals surface area contributed by atoms with Crippen LogP contribution in [0.3, 0.4) is 0 Å². The third kappa shape index (κ3) is 2.41. The Kier molecular flexibility index (Phi) is 3.05. The second-order valence-electron chi connectivity index (χ2n) is 2.52. The smallest absolute Gasteiger partial charge is 0.299 e. The molecule has 0 bridgehead atoms. The van der Waals surface area contributed by atoms with Crippen LogP contribution in [0.5, 0.6) is 0 Å². The summed E-state index contributed by atoms with van der Waals surface area (Å²) < 4.78 is 38.5. The number of hydrogen-bond donors (Lipinski definition) is 2. The fourth-order valence-electron chi connectivity index (χ4n) is 0.901. The Labute approximate surface area is 83.7 Å². The van der Waals surface area contributed by atoms with Gasteiger partial charge in [-0.3, -0.25) is 9.52 Å². The van der Waals surface area contributed by atoms with E-state index in [9.17, 15) is 18.0 Å². The van der Waals surface area contributed by atoms with Gasteiger partial charge in [-0.1, -0.05) is 18.9 Å². The Morgan fingerprint density at radius 2 is 2.00 bits per heavy atom. The molecule has 0 aliphatic carbocycles. The maximum Gasteiger partial charge on any atom is 0.416 e. The molecular formula is C8H6F3NOS. The van der Waals surface area contributed by atoms with Crippen molar-refractivity contribution in [2.75, 3.05) is 0 Å². The average molecular weight is 221 g/mol. The Hall–Kier alpha value is -1.17. The summed E-state index contributed by atoms with van der Waals surface area (Å²) in [7, 11) is 0. The first-order chi connectivity index (χ1) is 6.45. The number of halogens is 3. The number of alkyl halides is 3. The second-order valence-corrected chi connectivity index (χ2v) is 2.74. The van der Waals surface area contributed by atoms with Crippen molar-refractivity contribution in [1.82, 2.24) is 4.72 Å². The van der Waals surface area contributed by atoms with Gasteiger partial charge in [0.05, 0.1) is 5.56 Å². The molecule has 0 fully saturated rings. The van der Waals surface area contributed by atoms with Crippen molar-refractivity contribution in [1.29, 1.82) is 0 Å². The van der Waals surface area contributed by atoms with Gasteiger partial charge in [-0.25, -0.2) is 0 Å². The van der Waals surface area contributed by atoms with Gasteiger partial charge in [0, 0.05) is 5.56 Å². The maximum absolute atomic E-state index is 12.2. The normalized spacial score (nSPS) is 11.1. The van der Waals surface area contributed by atoms with Crippen molar-refractivity contribution in [2.45, 2.75) is 6.18 Å². The Bertz CT molecular complexity index is 351. The van der Waals surface area contributed by atoms with E-state index in [2.05, 4.69) is 12.8 Å². The first-order valence-corrected chi connectivity index (χ1v) is 4.01. The van der Waals surface area contributed by atoms with Crippen LogP contribution in [0.2, 0.25) is 0 Å². The van der Waals surface area contributed by atoms with Gasteiger partial charge in [0.15, 0.2) is 0 Å². The molecule has 1 amide bonds. The van der Waals surface area contributed by atoms with Crippen LogP contribution in [0.15, 0.2) is 24.3 Å². The largest absolute Gasteiger partial charge is 0.416 e. The Morgan fingerprint density at radius 3 is 2.50 bits per heavy atom. The van der Waals surface area contributed by atoms with Crippen LogP contribution in [-0.2, 0) is 6.18 Å². The van der Waals surface area contributed by atoms with E-state index in [1.165, 1.54) is 12.1 Å². The van der Waals surface area contributed by atoms with Gasteiger partial charge in [0.1, 0.15) is 0 Å². The van der Waals surface area contributed by atoms with Crippen molar-refractivity contribution >= 4 is 18.7 Å². The summed E-state index contributed by atoms with van der Waals surface area (Å²) in [5.41, 5.74) is -0.929. The second kappa shape index (κ2) is 3.91. The molecule has 0 unspecified atom stereocenters. The molecule has 0 aliphatic heterocycles. The number of nitrogens with one attached hydrogen (secondary N) is 1. The van der Waals surface area contributed by atoms with E-state index in [4.69, 9.17) is 0 Å². The third-order valence-electron chi connectivity index (χ3n) is 1.55. The minimum atomic E-state index is -4.44. The minimum Gasteiger partial charge on any atom is -0.299 e. The van der Waals surface area contributed by atoms with Crippen LogP contribution in [0, 0.1) is 0 Å². The fourth-order valence-corrected chi connectivity index (χ4v) is 1.03. The van der Waals surface area contributed by atoms with Crippen LogP contribution in [0.4, 0.5) is 13.2 Å². The lowest BCUT2D eigenvalue weighted by molar-refractivity contribution is -0.137. The standard InChI is InChI=1S/C8H6F3NOS/c9-8(10,11)6-3-1-2-5(4-6)7(13)12-14/h1-4,14H,(H,12,13). The van der Waals surface area contributed by atoms with E-state index in [-0.39, 0.29) is 5.56 Å². The molecule has 1 aromatic rings. The van der Waals surface area contributed by atoms with E-state index < -0.39 is 17.6 Å². The minimum absolute atomic E-state index is 0.0742. The van der Waals surface area contributed by atoms with Crippen molar-refractivity contribution in [3.63, 3.8) is 0 Å². The predicted octanol–water partition coefficient (Wildman–Crippen LogP) is 2.28. The highest BCUT2D eigenvalue weighted by Crippen LogP contribution is 2.29. The molecule has 0 atom stereocenters. The van der Waals surface area contributed by atoms with Crippen molar-refractivity contribution < 1.29 is 18.0 Å². The molecule has 76 valence electrons. The van der Waals surface area contributed by atoms with E-state index >= 15 is 0 Å². The summed E-state index contributed by atoms with van der Waals surface area (Å²) in [6.45, 7) is 0. The molecule has 0 saturated heterocycles. The maximum atomic E-state index is 12.2. The average Bonchev–Trinajstić information content (AvgIpc) is 2.15. The topological polar surface area (TPSA) is 29.1 Å². The van der Waals surface area contributed by atoms with Crippen LogP contribution in [0.1, 0.15) is 15.9 Å². The van der Waals surface area contributed by atoms with Crippen molar-refractivity contribution in [2.24, 2.45) is 0 Å². The molecule has 0 aromatic heterocycles.